The van der Waals surface area contributed by atoms with Crippen LogP contribution in [-0.4, -0.2) is 19.6 Å². The van der Waals surface area contributed by atoms with Gasteiger partial charge in [0.05, 0.1) is 0 Å². The summed E-state index contributed by atoms with van der Waals surface area (Å²) in [5.74, 6) is -1.92. The minimum Gasteiger partial charge on any atom is -0.491 e. The van der Waals surface area contributed by atoms with Crippen molar-refractivity contribution in [3.63, 3.8) is 0 Å². The van der Waals surface area contributed by atoms with Gasteiger partial charge in [-0.3, -0.25) is 0 Å². The minimum absolute atomic E-state index is 0.699. The first-order valence-electron chi connectivity index (χ1n) is 5.37. The highest BCUT2D eigenvalue weighted by Crippen LogP contribution is 1.90. The van der Waals surface area contributed by atoms with Crippen molar-refractivity contribution in [1.29, 1.82) is 0 Å². The molecular weight excluding hydrogens is 195 g/mol. The van der Waals surface area contributed by atoms with Gasteiger partial charge in [-0.1, -0.05) is 54.4 Å². The SMILES string of the molecule is CC.CCC.CCC.O=C1O[B]OC1=O. The number of hydrogen-bond acceptors (Lipinski definition) is 4. The van der Waals surface area contributed by atoms with Crippen LogP contribution in [0.15, 0.2) is 0 Å². The van der Waals surface area contributed by atoms with Crippen molar-refractivity contribution in [2.75, 3.05) is 0 Å². The average Bonchev–Trinajstić information content (AvgIpc) is 2.57. The molecule has 1 radical (unpaired) electrons. The summed E-state index contributed by atoms with van der Waals surface area (Å²) in [6, 6.07) is 0. The molecule has 1 fully saturated rings. The highest BCUT2D eigenvalue weighted by Gasteiger charge is 2.27. The summed E-state index contributed by atoms with van der Waals surface area (Å²) in [5, 5.41) is 0. The predicted octanol–water partition coefficient (Wildman–Crippen LogP) is 2.48. The molecule has 0 aromatic heterocycles. The number of carbonyl (C=O) groups excluding carboxylic acids is 2. The molecule has 4 nitrogen and oxygen atoms in total. The molecule has 1 aliphatic rings. The molecular formula is C10H22BO4. The molecule has 1 saturated heterocycles. The molecule has 0 aliphatic carbocycles. The van der Waals surface area contributed by atoms with Gasteiger partial charge in [-0.25, -0.2) is 9.59 Å². The van der Waals surface area contributed by atoms with E-state index in [-0.39, 0.29) is 0 Å². The van der Waals surface area contributed by atoms with E-state index in [0.29, 0.717) is 7.69 Å². The quantitative estimate of drug-likeness (QED) is 0.462. The number of carbonyl (C=O) groups is 2. The van der Waals surface area contributed by atoms with Crippen LogP contribution in [0.1, 0.15) is 54.4 Å². The van der Waals surface area contributed by atoms with Crippen LogP contribution < -0.4 is 0 Å². The summed E-state index contributed by atoms with van der Waals surface area (Å²) in [4.78, 5) is 19.7. The van der Waals surface area contributed by atoms with E-state index in [1.165, 1.54) is 12.8 Å². The van der Waals surface area contributed by atoms with Gasteiger partial charge in [0.15, 0.2) is 0 Å². The van der Waals surface area contributed by atoms with E-state index < -0.39 is 11.9 Å². The Morgan fingerprint density at radius 3 is 1.13 bits per heavy atom. The lowest BCUT2D eigenvalue weighted by atomic mass is 10.4. The van der Waals surface area contributed by atoms with E-state index in [1.54, 1.807) is 0 Å². The maximum Gasteiger partial charge on any atom is 0.662 e. The summed E-state index contributed by atoms with van der Waals surface area (Å²) in [5.41, 5.74) is 0. The fraction of sp³-hybridized carbons (Fsp3) is 0.800. The van der Waals surface area contributed by atoms with Crippen molar-refractivity contribution >= 4 is 19.6 Å². The largest absolute Gasteiger partial charge is 0.662 e. The standard InChI is InChI=1S/2C3H8.C2BO4.C2H6/c2*1-3-2;4-1-2(5)7-3-6-1;1-2/h2*3H2,1-2H3;;1-2H3. The molecule has 0 bridgehead atoms. The summed E-state index contributed by atoms with van der Waals surface area (Å²) in [6.45, 7) is 12.5. The zero-order valence-corrected chi connectivity index (χ0v) is 10.6. The van der Waals surface area contributed by atoms with Crippen LogP contribution in [0.2, 0.25) is 0 Å². The first-order valence-corrected chi connectivity index (χ1v) is 5.37. The Bertz CT molecular complexity index is 132. The second-order valence-corrected chi connectivity index (χ2v) is 2.32. The fourth-order valence-corrected chi connectivity index (χ4v) is 0.208. The van der Waals surface area contributed by atoms with Crippen molar-refractivity contribution in [1.82, 2.24) is 0 Å². The third kappa shape index (κ3) is 19.4. The molecule has 0 aromatic carbocycles. The Kier molecular flexibility index (Phi) is 24.4. The molecule has 89 valence electrons. The molecule has 5 heteroatoms. The van der Waals surface area contributed by atoms with E-state index >= 15 is 0 Å². The molecule has 0 amide bonds. The van der Waals surface area contributed by atoms with E-state index in [9.17, 15) is 9.59 Å². The first-order chi connectivity index (χ1) is 7.13. The highest BCUT2D eigenvalue weighted by molar-refractivity contribution is 6.47. The summed E-state index contributed by atoms with van der Waals surface area (Å²) >= 11 is 0. The van der Waals surface area contributed by atoms with Crippen LogP contribution in [0.25, 0.3) is 0 Å². The van der Waals surface area contributed by atoms with Gasteiger partial charge in [0.25, 0.3) is 0 Å². The van der Waals surface area contributed by atoms with Gasteiger partial charge in [0.2, 0.25) is 0 Å². The lowest BCUT2D eigenvalue weighted by Gasteiger charge is -1.74. The lowest BCUT2D eigenvalue weighted by Crippen LogP contribution is -2.05. The molecule has 1 rings (SSSR count). The highest BCUT2D eigenvalue weighted by atomic mass is 16.7. The van der Waals surface area contributed by atoms with Gasteiger partial charge in [0.1, 0.15) is 0 Å². The van der Waals surface area contributed by atoms with E-state index in [2.05, 4.69) is 37.0 Å². The van der Waals surface area contributed by atoms with Crippen LogP contribution in [0, 0.1) is 0 Å². The van der Waals surface area contributed by atoms with Crippen molar-refractivity contribution in [2.24, 2.45) is 0 Å². The van der Waals surface area contributed by atoms with Crippen LogP contribution in [0.3, 0.4) is 0 Å². The van der Waals surface area contributed by atoms with Gasteiger partial charge in [-0.05, 0) is 0 Å². The molecule has 0 N–H and O–H groups in total. The fourth-order valence-electron chi connectivity index (χ4n) is 0.208. The third-order valence-electron chi connectivity index (χ3n) is 0.477. The van der Waals surface area contributed by atoms with Crippen molar-refractivity contribution in [3.05, 3.63) is 0 Å². The monoisotopic (exact) mass is 217 g/mol. The summed E-state index contributed by atoms with van der Waals surface area (Å²) in [7, 11) is 0.699. The normalized spacial score (nSPS) is 11.1. The predicted molar refractivity (Wildman–Crippen MR) is 61.2 cm³/mol. The van der Waals surface area contributed by atoms with Crippen LogP contribution in [0.4, 0.5) is 0 Å². The number of rotatable bonds is 0. The van der Waals surface area contributed by atoms with Crippen LogP contribution in [0.5, 0.6) is 0 Å². The van der Waals surface area contributed by atoms with E-state index in [4.69, 9.17) is 0 Å². The topological polar surface area (TPSA) is 52.6 Å². The Morgan fingerprint density at radius 2 is 1.07 bits per heavy atom. The third-order valence-corrected chi connectivity index (χ3v) is 0.477. The smallest absolute Gasteiger partial charge is 0.491 e. The zero-order chi connectivity index (χ0) is 12.7. The van der Waals surface area contributed by atoms with E-state index in [1.807, 2.05) is 13.8 Å². The summed E-state index contributed by atoms with van der Waals surface area (Å²) in [6.07, 6.45) is 2.50. The molecule has 0 saturated carbocycles. The molecule has 0 spiro atoms. The molecule has 0 unspecified atom stereocenters. The molecule has 1 aliphatic heterocycles. The van der Waals surface area contributed by atoms with Crippen molar-refractivity contribution < 1.29 is 18.9 Å². The average molecular weight is 217 g/mol. The Labute approximate surface area is 93.6 Å². The number of hydrogen-bond donors (Lipinski definition) is 0. The zero-order valence-electron chi connectivity index (χ0n) is 10.6. The van der Waals surface area contributed by atoms with Crippen molar-refractivity contribution in [2.45, 2.75) is 54.4 Å². The molecule has 1 heterocycles. The van der Waals surface area contributed by atoms with Gasteiger partial charge in [0, 0.05) is 0 Å². The van der Waals surface area contributed by atoms with Gasteiger partial charge >= 0.3 is 19.6 Å². The summed E-state index contributed by atoms with van der Waals surface area (Å²) < 4.78 is 7.86. The maximum absolute atomic E-state index is 9.85. The van der Waals surface area contributed by atoms with Gasteiger partial charge in [-0.2, -0.15) is 0 Å². The second-order valence-electron chi connectivity index (χ2n) is 2.32. The first kappa shape index (κ1) is 19.6. The van der Waals surface area contributed by atoms with E-state index in [0.717, 1.165) is 0 Å². The Balaban J connectivity index is -0.000000154. The minimum atomic E-state index is -0.958. The van der Waals surface area contributed by atoms with Crippen LogP contribution in [-0.2, 0) is 18.9 Å². The molecule has 0 aromatic rings. The van der Waals surface area contributed by atoms with Gasteiger partial charge in [-0.15, -0.1) is 0 Å². The maximum atomic E-state index is 9.85. The van der Waals surface area contributed by atoms with Crippen LogP contribution >= 0.6 is 0 Å². The van der Waals surface area contributed by atoms with Crippen molar-refractivity contribution in [3.8, 4) is 0 Å². The Hall–Kier alpha value is -0.995. The molecule has 15 heavy (non-hydrogen) atoms. The Morgan fingerprint density at radius 1 is 0.867 bits per heavy atom. The lowest BCUT2D eigenvalue weighted by molar-refractivity contribution is -0.150. The molecule has 0 atom stereocenters. The van der Waals surface area contributed by atoms with Gasteiger partial charge < -0.3 is 9.31 Å². The second kappa shape index (κ2) is 18.7.